The number of hydrogen-bond donors (Lipinski definition) is 1. The fraction of sp³-hybridized carbons (Fsp3) is 0.211. The molecule has 2 aromatic carbocycles. The van der Waals surface area contributed by atoms with Crippen LogP contribution in [-0.2, 0) is 6.54 Å². The van der Waals surface area contributed by atoms with E-state index in [0.717, 1.165) is 12.1 Å². The Balaban J connectivity index is 1.99. The number of nitrogens with one attached hydrogen (secondary N) is 1. The molecule has 0 bridgehead atoms. The monoisotopic (exact) mass is 391 g/mol. The van der Waals surface area contributed by atoms with Crippen LogP contribution in [0.3, 0.4) is 0 Å². The van der Waals surface area contributed by atoms with E-state index in [4.69, 9.17) is 11.6 Å². The second-order valence-corrected chi connectivity index (χ2v) is 6.71. The van der Waals surface area contributed by atoms with Gasteiger partial charge in [-0.05, 0) is 38.1 Å². The molecule has 0 aliphatic heterocycles. The van der Waals surface area contributed by atoms with Gasteiger partial charge >= 0.3 is 0 Å². The third kappa shape index (κ3) is 3.83. The van der Waals surface area contributed by atoms with Crippen LogP contribution in [0.2, 0.25) is 5.02 Å². The summed E-state index contributed by atoms with van der Waals surface area (Å²) in [5.74, 6) is -2.61. The van der Waals surface area contributed by atoms with Crippen molar-refractivity contribution >= 4 is 28.4 Å². The van der Waals surface area contributed by atoms with E-state index in [2.05, 4.69) is 9.97 Å². The Hall–Kier alpha value is -2.80. The molecular weight excluding hydrogens is 376 g/mol. The second-order valence-electron chi connectivity index (χ2n) is 6.30. The maximum Gasteiger partial charge on any atom is 0.258 e. The summed E-state index contributed by atoms with van der Waals surface area (Å²) in [7, 11) is 0. The minimum atomic E-state index is -1.16. The van der Waals surface area contributed by atoms with Gasteiger partial charge in [0.25, 0.3) is 11.5 Å². The number of hydrogen-bond acceptors (Lipinski definition) is 3. The normalized spacial score (nSPS) is 11.2. The lowest BCUT2D eigenvalue weighted by Crippen LogP contribution is -2.37. The number of amides is 1. The van der Waals surface area contributed by atoms with Gasteiger partial charge in [-0.25, -0.2) is 13.8 Å². The molecule has 1 amide bonds. The molecule has 140 valence electrons. The topological polar surface area (TPSA) is 66.1 Å². The van der Waals surface area contributed by atoms with Gasteiger partial charge in [-0.2, -0.15) is 0 Å². The number of H-pyrrole nitrogens is 1. The first-order valence-electron chi connectivity index (χ1n) is 8.21. The number of carbonyl (C=O) groups is 1. The van der Waals surface area contributed by atoms with Crippen LogP contribution in [0.25, 0.3) is 10.9 Å². The van der Waals surface area contributed by atoms with Crippen molar-refractivity contribution in [1.29, 1.82) is 0 Å². The van der Waals surface area contributed by atoms with E-state index < -0.39 is 17.5 Å². The number of aromatic nitrogens is 2. The van der Waals surface area contributed by atoms with E-state index in [9.17, 15) is 18.4 Å². The van der Waals surface area contributed by atoms with Gasteiger partial charge in [0.1, 0.15) is 5.82 Å². The molecule has 0 fully saturated rings. The molecule has 8 heteroatoms. The first-order valence-corrected chi connectivity index (χ1v) is 8.59. The largest absolute Gasteiger partial charge is 0.329 e. The fourth-order valence-corrected chi connectivity index (χ4v) is 2.93. The predicted molar refractivity (Wildman–Crippen MR) is 98.7 cm³/mol. The predicted octanol–water partition coefficient (Wildman–Crippen LogP) is 3.91. The second kappa shape index (κ2) is 7.44. The molecule has 0 spiro atoms. The zero-order valence-corrected chi connectivity index (χ0v) is 15.3. The molecule has 0 aliphatic carbocycles. The van der Waals surface area contributed by atoms with Crippen LogP contribution in [-0.4, -0.2) is 26.8 Å². The highest BCUT2D eigenvalue weighted by molar-refractivity contribution is 6.33. The van der Waals surface area contributed by atoms with Gasteiger partial charge in [0.2, 0.25) is 0 Å². The Morgan fingerprint density at radius 2 is 1.89 bits per heavy atom. The van der Waals surface area contributed by atoms with Gasteiger partial charge in [0.05, 0.1) is 28.0 Å². The molecule has 1 heterocycles. The minimum Gasteiger partial charge on any atom is -0.329 e. The highest BCUT2D eigenvalue weighted by Gasteiger charge is 2.24. The Labute approximate surface area is 158 Å². The lowest BCUT2D eigenvalue weighted by molar-refractivity contribution is 0.0684. The van der Waals surface area contributed by atoms with Crippen LogP contribution in [0.4, 0.5) is 8.78 Å². The van der Waals surface area contributed by atoms with Crippen LogP contribution in [0.15, 0.2) is 41.2 Å². The number of carbonyl (C=O) groups excluding carboxylic acids is 1. The van der Waals surface area contributed by atoms with E-state index in [1.54, 1.807) is 38.1 Å². The fourth-order valence-electron chi connectivity index (χ4n) is 2.70. The average Bonchev–Trinajstić information content (AvgIpc) is 2.62. The Morgan fingerprint density at radius 1 is 1.22 bits per heavy atom. The third-order valence-corrected chi connectivity index (χ3v) is 4.42. The Morgan fingerprint density at radius 3 is 2.59 bits per heavy atom. The molecule has 1 N–H and O–H groups in total. The van der Waals surface area contributed by atoms with Gasteiger partial charge in [-0.1, -0.05) is 23.7 Å². The van der Waals surface area contributed by atoms with Crippen LogP contribution >= 0.6 is 11.6 Å². The summed E-state index contributed by atoms with van der Waals surface area (Å²) in [6.07, 6.45) is 0. The Kier molecular flexibility index (Phi) is 5.23. The highest BCUT2D eigenvalue weighted by atomic mass is 35.5. The molecule has 0 unspecified atom stereocenters. The van der Waals surface area contributed by atoms with Crippen molar-refractivity contribution in [1.82, 2.24) is 14.9 Å². The number of halogens is 3. The first kappa shape index (κ1) is 19.0. The molecule has 0 saturated carbocycles. The maximum atomic E-state index is 13.6. The smallest absolute Gasteiger partial charge is 0.258 e. The van der Waals surface area contributed by atoms with Crippen molar-refractivity contribution in [2.75, 3.05) is 0 Å². The number of rotatable bonds is 4. The van der Waals surface area contributed by atoms with Gasteiger partial charge in [0.15, 0.2) is 11.6 Å². The summed E-state index contributed by atoms with van der Waals surface area (Å²) >= 11 is 5.92. The van der Waals surface area contributed by atoms with E-state index in [1.807, 2.05) is 0 Å². The van der Waals surface area contributed by atoms with Crippen molar-refractivity contribution < 1.29 is 13.6 Å². The zero-order valence-electron chi connectivity index (χ0n) is 14.6. The standard InChI is InChI=1S/C19H16ClF2N3O2/c1-10(2)25(19(27)12-7-14(21)15(22)8-13(12)20)9-17-23-16-6-4-3-5-11(16)18(26)24-17/h3-8,10H,9H2,1-2H3,(H,23,24,26). The molecule has 0 atom stereocenters. The lowest BCUT2D eigenvalue weighted by Gasteiger charge is -2.26. The summed E-state index contributed by atoms with van der Waals surface area (Å²) in [5, 5.41) is 0.247. The minimum absolute atomic E-state index is 0.0219. The van der Waals surface area contributed by atoms with Gasteiger partial charge in [-0.3, -0.25) is 9.59 Å². The van der Waals surface area contributed by atoms with Crippen LogP contribution in [0.1, 0.15) is 30.0 Å². The summed E-state index contributed by atoms with van der Waals surface area (Å²) in [6, 6.07) is 8.06. The van der Waals surface area contributed by atoms with Gasteiger partial charge in [-0.15, -0.1) is 0 Å². The van der Waals surface area contributed by atoms with Crippen molar-refractivity contribution in [2.45, 2.75) is 26.4 Å². The van der Waals surface area contributed by atoms with E-state index in [-0.39, 0.29) is 34.6 Å². The summed E-state index contributed by atoms with van der Waals surface area (Å²) in [4.78, 5) is 33.5. The number of para-hydroxylation sites is 1. The average molecular weight is 392 g/mol. The van der Waals surface area contributed by atoms with Gasteiger partial charge < -0.3 is 9.88 Å². The molecule has 0 aliphatic rings. The van der Waals surface area contributed by atoms with E-state index >= 15 is 0 Å². The molecule has 3 aromatic rings. The molecule has 3 rings (SSSR count). The summed E-state index contributed by atoms with van der Waals surface area (Å²) in [5.41, 5.74) is 0.0169. The molecule has 5 nitrogen and oxygen atoms in total. The highest BCUT2D eigenvalue weighted by Crippen LogP contribution is 2.23. The number of aromatic amines is 1. The molecule has 0 radical (unpaired) electrons. The molecule has 27 heavy (non-hydrogen) atoms. The van der Waals surface area contributed by atoms with Crippen LogP contribution < -0.4 is 5.56 Å². The quantitative estimate of drug-likeness (QED) is 0.686. The van der Waals surface area contributed by atoms with E-state index in [0.29, 0.717) is 10.9 Å². The molecular formula is C19H16ClF2N3O2. The zero-order chi connectivity index (χ0) is 19.7. The maximum absolute atomic E-state index is 13.6. The number of benzene rings is 2. The van der Waals surface area contributed by atoms with Crippen molar-refractivity contribution in [3.05, 3.63) is 74.8 Å². The lowest BCUT2D eigenvalue weighted by atomic mass is 10.1. The summed E-state index contributed by atoms with van der Waals surface area (Å²) < 4.78 is 26.9. The molecule has 1 aromatic heterocycles. The number of fused-ring (bicyclic) bond motifs is 1. The Bertz CT molecular complexity index is 1080. The molecule has 0 saturated heterocycles. The van der Waals surface area contributed by atoms with Crippen LogP contribution in [0, 0.1) is 11.6 Å². The van der Waals surface area contributed by atoms with E-state index in [1.165, 1.54) is 4.90 Å². The van der Waals surface area contributed by atoms with Crippen molar-refractivity contribution in [3.8, 4) is 0 Å². The van der Waals surface area contributed by atoms with Gasteiger partial charge in [0, 0.05) is 6.04 Å². The van der Waals surface area contributed by atoms with Crippen LogP contribution in [0.5, 0.6) is 0 Å². The SMILES string of the molecule is CC(C)N(Cc1nc2ccccc2c(=O)[nH]1)C(=O)c1cc(F)c(F)cc1Cl. The summed E-state index contributed by atoms with van der Waals surface area (Å²) in [6.45, 7) is 3.49. The third-order valence-electron chi connectivity index (χ3n) is 4.11. The van der Waals surface area contributed by atoms with Crippen molar-refractivity contribution in [3.63, 3.8) is 0 Å². The van der Waals surface area contributed by atoms with Crippen molar-refractivity contribution in [2.24, 2.45) is 0 Å². The number of nitrogens with zero attached hydrogens (tertiary/aromatic N) is 2. The first-order chi connectivity index (χ1) is 12.8.